The number of nitrogens with one attached hydrogen (secondary N) is 1. The van der Waals surface area contributed by atoms with Crippen molar-refractivity contribution >= 4 is 33.3 Å². The molecular formula is C19H26N4O3S2. The van der Waals surface area contributed by atoms with Crippen LogP contribution in [0, 0.1) is 6.92 Å². The summed E-state index contributed by atoms with van der Waals surface area (Å²) in [6.45, 7) is 3.83. The molecule has 0 spiro atoms. The molecule has 1 aromatic heterocycles. The Morgan fingerprint density at radius 2 is 1.82 bits per heavy atom. The first-order valence-electron chi connectivity index (χ1n) is 9.45. The van der Waals surface area contributed by atoms with Gasteiger partial charge in [-0.2, -0.15) is 0 Å². The molecule has 0 bridgehead atoms. The predicted molar refractivity (Wildman–Crippen MR) is 111 cm³/mol. The van der Waals surface area contributed by atoms with E-state index in [1.165, 1.54) is 31.0 Å². The number of ketones is 1. The number of carbonyl (C=O) groups is 1. The summed E-state index contributed by atoms with van der Waals surface area (Å²) in [5.74, 6) is 0.872. The van der Waals surface area contributed by atoms with E-state index in [0.717, 1.165) is 30.1 Å². The van der Waals surface area contributed by atoms with Crippen molar-refractivity contribution in [1.29, 1.82) is 0 Å². The maximum absolute atomic E-state index is 12.8. The minimum absolute atomic E-state index is 0.0215. The standard InChI is InChI=1S/C19H26N4O3S2/c1-13(18(24)15-9-11-16(12-10-15)22-28(3,25)26)27-19-21-20-14(2)23(19)17-7-5-4-6-8-17/h9-13,17,22H,4-8H2,1-3H3. The van der Waals surface area contributed by atoms with Crippen LogP contribution < -0.4 is 4.72 Å². The van der Waals surface area contributed by atoms with Crippen molar-refractivity contribution in [2.24, 2.45) is 0 Å². The second kappa shape index (κ2) is 8.65. The van der Waals surface area contributed by atoms with Crippen molar-refractivity contribution in [3.05, 3.63) is 35.7 Å². The zero-order chi connectivity index (χ0) is 20.3. The van der Waals surface area contributed by atoms with Gasteiger partial charge in [0.25, 0.3) is 0 Å². The number of hydrogen-bond acceptors (Lipinski definition) is 6. The summed E-state index contributed by atoms with van der Waals surface area (Å²) in [5.41, 5.74) is 0.978. The first kappa shape index (κ1) is 20.9. The summed E-state index contributed by atoms with van der Waals surface area (Å²) >= 11 is 1.43. The Bertz CT molecular complexity index is 933. The average Bonchev–Trinajstić information content (AvgIpc) is 3.01. The van der Waals surface area contributed by atoms with Gasteiger partial charge in [-0.25, -0.2) is 8.42 Å². The van der Waals surface area contributed by atoms with E-state index in [2.05, 4.69) is 19.5 Å². The zero-order valence-corrected chi connectivity index (χ0v) is 18.0. The molecule has 1 aromatic carbocycles. The summed E-state index contributed by atoms with van der Waals surface area (Å²) in [4.78, 5) is 12.8. The number of sulfonamides is 1. The number of nitrogens with zero attached hydrogens (tertiary/aromatic N) is 3. The Morgan fingerprint density at radius 3 is 2.43 bits per heavy atom. The summed E-state index contributed by atoms with van der Waals surface area (Å²) in [6, 6.07) is 6.89. The molecule has 2 aromatic rings. The molecule has 0 saturated heterocycles. The van der Waals surface area contributed by atoms with E-state index in [1.807, 2.05) is 13.8 Å². The molecule has 9 heteroatoms. The van der Waals surface area contributed by atoms with Crippen LogP contribution in [0.5, 0.6) is 0 Å². The van der Waals surface area contributed by atoms with Gasteiger partial charge >= 0.3 is 0 Å². The lowest BCUT2D eigenvalue weighted by Crippen LogP contribution is -2.18. The van der Waals surface area contributed by atoms with Crippen LogP contribution in [0.25, 0.3) is 0 Å². The topological polar surface area (TPSA) is 94.0 Å². The number of Topliss-reactive ketones (excluding diaryl/α,β-unsaturated/α-hetero) is 1. The minimum atomic E-state index is -3.34. The monoisotopic (exact) mass is 422 g/mol. The van der Waals surface area contributed by atoms with E-state index in [4.69, 9.17) is 0 Å². The van der Waals surface area contributed by atoms with Crippen molar-refractivity contribution in [2.45, 2.75) is 62.4 Å². The predicted octanol–water partition coefficient (Wildman–Crippen LogP) is 3.83. The lowest BCUT2D eigenvalue weighted by Gasteiger charge is -2.25. The Labute approximate surface area is 170 Å². The van der Waals surface area contributed by atoms with Crippen LogP contribution in [-0.4, -0.2) is 40.5 Å². The lowest BCUT2D eigenvalue weighted by atomic mass is 9.95. The van der Waals surface area contributed by atoms with Crippen LogP contribution in [0.15, 0.2) is 29.4 Å². The second-order valence-corrected chi connectivity index (χ2v) is 10.3. The summed E-state index contributed by atoms with van der Waals surface area (Å²) < 4.78 is 27.2. The third kappa shape index (κ3) is 5.14. The van der Waals surface area contributed by atoms with Crippen molar-refractivity contribution in [1.82, 2.24) is 14.8 Å². The number of benzene rings is 1. The van der Waals surface area contributed by atoms with Gasteiger partial charge in [-0.1, -0.05) is 31.0 Å². The van der Waals surface area contributed by atoms with Crippen LogP contribution in [0.1, 0.15) is 61.3 Å². The Balaban J connectivity index is 1.71. The minimum Gasteiger partial charge on any atom is -0.303 e. The zero-order valence-electron chi connectivity index (χ0n) is 16.4. The Morgan fingerprint density at radius 1 is 1.18 bits per heavy atom. The average molecular weight is 423 g/mol. The van der Waals surface area contributed by atoms with E-state index in [0.29, 0.717) is 17.3 Å². The van der Waals surface area contributed by atoms with Gasteiger partial charge < -0.3 is 4.57 Å². The molecule has 28 heavy (non-hydrogen) atoms. The molecule has 1 aliphatic carbocycles. The quantitative estimate of drug-likeness (QED) is 0.538. The second-order valence-electron chi connectivity index (χ2n) is 7.27. The molecule has 0 amide bonds. The van der Waals surface area contributed by atoms with Gasteiger partial charge in [0.05, 0.1) is 11.5 Å². The smallest absolute Gasteiger partial charge is 0.229 e. The fourth-order valence-corrected chi connectivity index (χ4v) is 5.16. The third-order valence-electron chi connectivity index (χ3n) is 4.90. The van der Waals surface area contributed by atoms with Gasteiger partial charge in [0.15, 0.2) is 10.9 Å². The van der Waals surface area contributed by atoms with Crippen molar-refractivity contribution < 1.29 is 13.2 Å². The number of hydrogen-bond donors (Lipinski definition) is 1. The maximum Gasteiger partial charge on any atom is 0.229 e. The molecule has 1 heterocycles. The number of carbonyl (C=O) groups excluding carboxylic acids is 1. The molecular weight excluding hydrogens is 396 g/mol. The molecule has 1 saturated carbocycles. The maximum atomic E-state index is 12.8. The van der Waals surface area contributed by atoms with Gasteiger partial charge in [-0.05, 0) is 51.0 Å². The molecule has 152 valence electrons. The van der Waals surface area contributed by atoms with Crippen molar-refractivity contribution in [2.75, 3.05) is 11.0 Å². The SMILES string of the molecule is Cc1nnc(SC(C)C(=O)c2ccc(NS(C)(=O)=O)cc2)n1C1CCCCC1. The lowest BCUT2D eigenvalue weighted by molar-refractivity contribution is 0.0994. The molecule has 1 unspecified atom stereocenters. The van der Waals surface area contributed by atoms with Crippen LogP contribution in [0.3, 0.4) is 0 Å². The highest BCUT2D eigenvalue weighted by Crippen LogP contribution is 2.34. The number of aryl methyl sites for hydroxylation is 1. The van der Waals surface area contributed by atoms with E-state index >= 15 is 0 Å². The van der Waals surface area contributed by atoms with Crippen molar-refractivity contribution in [3.63, 3.8) is 0 Å². The number of anilines is 1. The number of thioether (sulfide) groups is 1. The molecule has 0 radical (unpaired) electrons. The van der Waals surface area contributed by atoms with Crippen LogP contribution >= 0.6 is 11.8 Å². The fourth-order valence-electron chi connectivity index (χ4n) is 3.55. The first-order valence-corrected chi connectivity index (χ1v) is 12.2. The highest BCUT2D eigenvalue weighted by Gasteiger charge is 2.25. The molecule has 0 aliphatic heterocycles. The van der Waals surface area contributed by atoms with Gasteiger partial charge in [-0.15, -0.1) is 10.2 Å². The normalized spacial score (nSPS) is 16.7. The molecule has 1 fully saturated rings. The van der Waals surface area contributed by atoms with Crippen LogP contribution in [-0.2, 0) is 10.0 Å². The van der Waals surface area contributed by atoms with E-state index in [9.17, 15) is 13.2 Å². The van der Waals surface area contributed by atoms with Crippen LogP contribution in [0.2, 0.25) is 0 Å². The Kier molecular flexibility index (Phi) is 6.44. The van der Waals surface area contributed by atoms with Gasteiger partial charge in [0.1, 0.15) is 5.82 Å². The van der Waals surface area contributed by atoms with E-state index < -0.39 is 10.0 Å². The molecule has 7 nitrogen and oxygen atoms in total. The van der Waals surface area contributed by atoms with Gasteiger partial charge in [0.2, 0.25) is 10.0 Å². The third-order valence-corrected chi connectivity index (χ3v) is 6.56. The van der Waals surface area contributed by atoms with Crippen LogP contribution in [0.4, 0.5) is 5.69 Å². The molecule has 1 aliphatic rings. The highest BCUT2D eigenvalue weighted by atomic mass is 32.2. The first-order chi connectivity index (χ1) is 13.2. The number of aromatic nitrogens is 3. The summed E-state index contributed by atoms with van der Waals surface area (Å²) in [5, 5.41) is 9.02. The highest BCUT2D eigenvalue weighted by molar-refractivity contribution is 8.00. The summed E-state index contributed by atoms with van der Waals surface area (Å²) in [7, 11) is -3.34. The van der Waals surface area contributed by atoms with Gasteiger partial charge in [0, 0.05) is 17.3 Å². The van der Waals surface area contributed by atoms with Crippen molar-refractivity contribution in [3.8, 4) is 0 Å². The summed E-state index contributed by atoms with van der Waals surface area (Å²) in [6.07, 6.45) is 7.06. The molecule has 1 N–H and O–H groups in total. The Hall–Kier alpha value is -1.87. The largest absolute Gasteiger partial charge is 0.303 e. The van der Waals surface area contributed by atoms with Gasteiger partial charge in [-0.3, -0.25) is 9.52 Å². The van der Waals surface area contributed by atoms with E-state index in [1.54, 1.807) is 24.3 Å². The molecule has 1 atom stereocenters. The molecule has 3 rings (SSSR count). The number of rotatable bonds is 7. The fraction of sp³-hybridized carbons (Fsp3) is 0.526. The van der Waals surface area contributed by atoms with E-state index in [-0.39, 0.29) is 11.0 Å².